The first kappa shape index (κ1) is 15.4. The third-order valence-corrected chi connectivity index (χ3v) is 3.46. The van der Waals surface area contributed by atoms with Gasteiger partial charge in [-0.15, -0.1) is 0 Å². The minimum atomic E-state index is -4.44. The normalized spacial score (nSPS) is 16.1. The van der Waals surface area contributed by atoms with Gasteiger partial charge in [0, 0.05) is 30.7 Å². The Bertz CT molecular complexity index is 625. The van der Waals surface area contributed by atoms with Crippen molar-refractivity contribution in [1.29, 1.82) is 0 Å². The third kappa shape index (κ3) is 3.01. The zero-order valence-electron chi connectivity index (χ0n) is 12.2. The Kier molecular flexibility index (Phi) is 3.94. The maximum Gasteiger partial charge on any atom is 0.417 e. The molecule has 0 amide bonds. The summed E-state index contributed by atoms with van der Waals surface area (Å²) in [6, 6.07) is 3.51. The smallest absolute Gasteiger partial charge is 0.351 e. The molecule has 0 radical (unpaired) electrons. The van der Waals surface area contributed by atoms with Gasteiger partial charge in [0.1, 0.15) is 0 Å². The predicted molar refractivity (Wildman–Crippen MR) is 77.3 cm³/mol. The van der Waals surface area contributed by atoms with Crippen molar-refractivity contribution in [1.82, 2.24) is 9.88 Å². The minimum Gasteiger partial charge on any atom is -0.351 e. The summed E-state index contributed by atoms with van der Waals surface area (Å²) < 4.78 is 39.7. The van der Waals surface area contributed by atoms with Crippen LogP contribution in [0.4, 0.5) is 13.2 Å². The maximum absolute atomic E-state index is 13.2. The molecule has 0 fully saturated rings. The van der Waals surface area contributed by atoms with Gasteiger partial charge in [0.05, 0.1) is 11.3 Å². The van der Waals surface area contributed by atoms with E-state index in [-0.39, 0.29) is 11.5 Å². The minimum absolute atomic E-state index is 0.0370. The summed E-state index contributed by atoms with van der Waals surface area (Å²) >= 11 is 0. The predicted octanol–water partition coefficient (Wildman–Crippen LogP) is 4.49. The molecule has 0 unspecified atom stereocenters. The Balaban J connectivity index is 2.65. The van der Waals surface area contributed by atoms with Gasteiger partial charge in [-0.25, -0.2) is 0 Å². The van der Waals surface area contributed by atoms with Gasteiger partial charge in [0.15, 0.2) is 0 Å². The summed E-state index contributed by atoms with van der Waals surface area (Å²) in [6.45, 7) is 7.74. The van der Waals surface area contributed by atoms with Crippen LogP contribution in [0, 0.1) is 0 Å². The van der Waals surface area contributed by atoms with Crippen molar-refractivity contribution < 1.29 is 13.2 Å². The molecule has 1 aliphatic heterocycles. The fraction of sp³-hybridized carbons (Fsp3) is 0.312. The Labute approximate surface area is 122 Å². The van der Waals surface area contributed by atoms with E-state index in [1.807, 2.05) is 19.9 Å². The molecule has 0 saturated heterocycles. The Morgan fingerprint density at radius 1 is 1.29 bits per heavy atom. The second-order valence-electron chi connectivity index (χ2n) is 5.29. The van der Waals surface area contributed by atoms with E-state index in [4.69, 9.17) is 0 Å². The molecule has 0 aliphatic carbocycles. The molecule has 21 heavy (non-hydrogen) atoms. The molecule has 0 atom stereocenters. The lowest BCUT2D eigenvalue weighted by Crippen LogP contribution is -2.22. The zero-order valence-corrected chi connectivity index (χ0v) is 12.2. The third-order valence-electron chi connectivity index (χ3n) is 3.46. The first-order valence-corrected chi connectivity index (χ1v) is 6.60. The number of allylic oxidation sites excluding steroid dienone is 3. The van der Waals surface area contributed by atoms with E-state index in [1.54, 1.807) is 18.0 Å². The SMILES string of the molecule is C=C1C(c2cc(C(C)C)ccn2)=C(C(F)(F)F)C=CN1C. The van der Waals surface area contributed by atoms with Gasteiger partial charge in [0.2, 0.25) is 0 Å². The van der Waals surface area contributed by atoms with Crippen LogP contribution in [-0.4, -0.2) is 23.1 Å². The number of hydrogen-bond donors (Lipinski definition) is 0. The Morgan fingerprint density at radius 2 is 1.95 bits per heavy atom. The highest BCUT2D eigenvalue weighted by Crippen LogP contribution is 2.39. The summed E-state index contributed by atoms with van der Waals surface area (Å²) in [5.74, 6) is 0.215. The molecule has 0 saturated carbocycles. The van der Waals surface area contributed by atoms with Crippen molar-refractivity contribution in [2.24, 2.45) is 0 Å². The average molecular weight is 294 g/mol. The molecule has 1 aromatic rings. The lowest BCUT2D eigenvalue weighted by molar-refractivity contribution is -0.0879. The van der Waals surface area contributed by atoms with Crippen LogP contribution in [0.3, 0.4) is 0 Å². The number of rotatable bonds is 2. The summed E-state index contributed by atoms with van der Waals surface area (Å²) in [5.41, 5.74) is 0.862. The van der Waals surface area contributed by atoms with Crippen molar-refractivity contribution in [2.75, 3.05) is 7.05 Å². The van der Waals surface area contributed by atoms with Crippen LogP contribution in [0.15, 0.2) is 48.5 Å². The van der Waals surface area contributed by atoms with E-state index in [9.17, 15) is 13.2 Å². The van der Waals surface area contributed by atoms with E-state index in [1.165, 1.54) is 12.4 Å². The van der Waals surface area contributed by atoms with E-state index in [2.05, 4.69) is 11.6 Å². The molecule has 2 heterocycles. The van der Waals surface area contributed by atoms with Crippen LogP contribution in [0.25, 0.3) is 5.57 Å². The molecule has 112 valence electrons. The van der Waals surface area contributed by atoms with Gasteiger partial charge in [-0.1, -0.05) is 20.4 Å². The first-order valence-electron chi connectivity index (χ1n) is 6.60. The summed E-state index contributed by atoms with van der Waals surface area (Å²) in [4.78, 5) is 5.68. The lowest BCUT2D eigenvalue weighted by Gasteiger charge is -2.27. The standard InChI is InChI=1S/C16H17F3N2/c1-10(2)12-5-7-20-14(9-12)15-11(3)21(4)8-6-13(15)16(17,18)19/h5-10H,3H2,1-2,4H3. The van der Waals surface area contributed by atoms with Crippen LogP contribution in [0.2, 0.25) is 0 Å². The molecular weight excluding hydrogens is 277 g/mol. The fourth-order valence-corrected chi connectivity index (χ4v) is 2.16. The van der Waals surface area contributed by atoms with Gasteiger partial charge in [-0.3, -0.25) is 4.98 Å². The lowest BCUT2D eigenvalue weighted by atomic mass is 9.95. The molecule has 0 aromatic carbocycles. The van der Waals surface area contributed by atoms with E-state index in [0.717, 1.165) is 11.6 Å². The number of hydrogen-bond acceptors (Lipinski definition) is 2. The van der Waals surface area contributed by atoms with Crippen molar-refractivity contribution >= 4 is 5.57 Å². The number of aromatic nitrogens is 1. The number of nitrogens with zero attached hydrogens (tertiary/aromatic N) is 2. The number of pyridine rings is 1. The van der Waals surface area contributed by atoms with Gasteiger partial charge in [0.25, 0.3) is 0 Å². The largest absolute Gasteiger partial charge is 0.417 e. The molecular formula is C16H17F3N2. The summed E-state index contributed by atoms with van der Waals surface area (Å²) in [7, 11) is 1.66. The molecule has 1 aromatic heterocycles. The Morgan fingerprint density at radius 3 is 2.52 bits per heavy atom. The van der Waals surface area contributed by atoms with Crippen LogP contribution < -0.4 is 0 Å². The van der Waals surface area contributed by atoms with Crippen molar-refractivity contribution in [3.63, 3.8) is 0 Å². The van der Waals surface area contributed by atoms with Gasteiger partial charge < -0.3 is 4.90 Å². The first-order chi connectivity index (χ1) is 9.71. The number of alkyl halides is 3. The molecule has 2 rings (SSSR count). The van der Waals surface area contributed by atoms with E-state index >= 15 is 0 Å². The topological polar surface area (TPSA) is 16.1 Å². The summed E-state index contributed by atoms with van der Waals surface area (Å²) in [5, 5.41) is 0. The van der Waals surface area contributed by atoms with E-state index in [0.29, 0.717) is 11.4 Å². The number of likely N-dealkylation sites (N-methyl/N-ethyl adjacent to an activating group) is 1. The van der Waals surface area contributed by atoms with Gasteiger partial charge >= 0.3 is 6.18 Å². The van der Waals surface area contributed by atoms with Crippen LogP contribution in [0.1, 0.15) is 31.0 Å². The number of halogens is 3. The molecule has 5 heteroatoms. The highest BCUT2D eigenvalue weighted by molar-refractivity contribution is 5.82. The quantitative estimate of drug-likeness (QED) is 0.798. The molecule has 0 spiro atoms. The van der Waals surface area contributed by atoms with E-state index < -0.39 is 11.7 Å². The zero-order chi connectivity index (χ0) is 15.8. The Hall–Kier alpha value is -2.04. The van der Waals surface area contributed by atoms with Crippen molar-refractivity contribution in [2.45, 2.75) is 25.9 Å². The summed E-state index contributed by atoms with van der Waals surface area (Å²) in [6.07, 6.45) is -0.475. The monoisotopic (exact) mass is 294 g/mol. The highest BCUT2D eigenvalue weighted by Gasteiger charge is 2.38. The van der Waals surface area contributed by atoms with Gasteiger partial charge in [-0.2, -0.15) is 13.2 Å². The van der Waals surface area contributed by atoms with Crippen molar-refractivity contribution in [3.05, 3.63) is 59.7 Å². The van der Waals surface area contributed by atoms with Crippen molar-refractivity contribution in [3.8, 4) is 0 Å². The van der Waals surface area contributed by atoms with Crippen LogP contribution >= 0.6 is 0 Å². The molecule has 2 nitrogen and oxygen atoms in total. The highest BCUT2D eigenvalue weighted by atomic mass is 19.4. The van der Waals surface area contributed by atoms with Crippen LogP contribution in [-0.2, 0) is 0 Å². The molecule has 0 N–H and O–H groups in total. The fourth-order valence-electron chi connectivity index (χ4n) is 2.16. The molecule has 1 aliphatic rings. The second kappa shape index (κ2) is 5.39. The molecule has 0 bridgehead atoms. The average Bonchev–Trinajstić information content (AvgIpc) is 2.40. The second-order valence-corrected chi connectivity index (χ2v) is 5.29. The van der Waals surface area contributed by atoms with Crippen LogP contribution in [0.5, 0.6) is 0 Å². The maximum atomic E-state index is 13.2. The van der Waals surface area contributed by atoms with Gasteiger partial charge in [-0.05, 0) is 29.7 Å².